The summed E-state index contributed by atoms with van der Waals surface area (Å²) in [5, 5.41) is 0.0359. The molecule has 0 radical (unpaired) electrons. The number of hydrogen-bond acceptors (Lipinski definition) is 4. The van der Waals surface area contributed by atoms with Crippen LogP contribution in [-0.2, 0) is 4.74 Å². The van der Waals surface area contributed by atoms with Crippen molar-refractivity contribution in [2.24, 2.45) is 0 Å². The number of rotatable bonds is 4. The maximum absolute atomic E-state index is 11.5. The van der Waals surface area contributed by atoms with Gasteiger partial charge in [0.2, 0.25) is 0 Å². The molecular formula is C15H22O4Si. The SMILES string of the molecule is COC(=O)c1ccc(O[Si](C)(C)C(C)(C)C)c(C=O)c1. The van der Waals surface area contributed by atoms with E-state index in [1.54, 1.807) is 12.1 Å². The molecule has 0 aliphatic heterocycles. The molecule has 0 aliphatic carbocycles. The molecule has 1 aromatic rings. The normalized spacial score (nSPS) is 11.9. The molecule has 5 heteroatoms. The van der Waals surface area contributed by atoms with Gasteiger partial charge in [0.1, 0.15) is 5.75 Å². The number of carbonyl (C=O) groups excluding carboxylic acids is 2. The molecule has 0 aromatic heterocycles. The van der Waals surface area contributed by atoms with Crippen molar-refractivity contribution < 1.29 is 18.8 Å². The maximum atomic E-state index is 11.5. The lowest BCUT2D eigenvalue weighted by Crippen LogP contribution is -2.44. The van der Waals surface area contributed by atoms with Crippen molar-refractivity contribution in [2.75, 3.05) is 7.11 Å². The molecule has 0 heterocycles. The van der Waals surface area contributed by atoms with E-state index in [4.69, 9.17) is 4.43 Å². The summed E-state index contributed by atoms with van der Waals surface area (Å²) in [4.78, 5) is 22.7. The first-order valence-electron chi connectivity index (χ1n) is 6.49. The zero-order valence-corrected chi connectivity index (χ0v) is 13.9. The van der Waals surface area contributed by atoms with E-state index in [1.165, 1.54) is 13.2 Å². The van der Waals surface area contributed by atoms with E-state index in [2.05, 4.69) is 38.6 Å². The van der Waals surface area contributed by atoms with Gasteiger partial charge in [-0.1, -0.05) is 20.8 Å². The monoisotopic (exact) mass is 294 g/mol. The van der Waals surface area contributed by atoms with E-state index in [1.807, 2.05) is 0 Å². The first-order chi connectivity index (χ1) is 9.12. The van der Waals surface area contributed by atoms with Gasteiger partial charge in [0.05, 0.1) is 18.2 Å². The third kappa shape index (κ3) is 3.48. The van der Waals surface area contributed by atoms with Crippen molar-refractivity contribution in [3.05, 3.63) is 29.3 Å². The van der Waals surface area contributed by atoms with E-state index in [0.717, 1.165) is 0 Å². The number of aldehydes is 1. The van der Waals surface area contributed by atoms with Crippen LogP contribution < -0.4 is 4.43 Å². The molecule has 0 spiro atoms. The largest absolute Gasteiger partial charge is 0.543 e. The van der Waals surface area contributed by atoms with E-state index in [9.17, 15) is 9.59 Å². The molecule has 0 aliphatic rings. The molecule has 4 nitrogen and oxygen atoms in total. The zero-order chi connectivity index (χ0) is 15.6. The van der Waals surface area contributed by atoms with Gasteiger partial charge in [-0.3, -0.25) is 4.79 Å². The van der Waals surface area contributed by atoms with Gasteiger partial charge < -0.3 is 9.16 Å². The van der Waals surface area contributed by atoms with E-state index < -0.39 is 14.3 Å². The Labute approximate surface area is 121 Å². The van der Waals surface area contributed by atoms with Crippen molar-refractivity contribution in [3.63, 3.8) is 0 Å². The van der Waals surface area contributed by atoms with Crippen LogP contribution in [0.4, 0.5) is 0 Å². The van der Waals surface area contributed by atoms with Gasteiger partial charge >= 0.3 is 5.97 Å². The maximum Gasteiger partial charge on any atom is 0.337 e. The van der Waals surface area contributed by atoms with Crippen LogP contribution >= 0.6 is 0 Å². The first kappa shape index (κ1) is 16.4. The summed E-state index contributed by atoms with van der Waals surface area (Å²) in [5.74, 6) is 0.0613. The standard InChI is InChI=1S/C15H22O4Si/c1-15(2,3)20(5,6)19-13-8-7-11(14(17)18-4)9-12(13)10-16/h7-10H,1-6H3. The predicted molar refractivity (Wildman–Crippen MR) is 81.0 cm³/mol. The van der Waals surface area contributed by atoms with E-state index in [-0.39, 0.29) is 5.04 Å². The highest BCUT2D eigenvalue weighted by Gasteiger charge is 2.39. The van der Waals surface area contributed by atoms with Gasteiger partial charge in [-0.15, -0.1) is 0 Å². The Kier molecular flexibility index (Phi) is 4.75. The Balaban J connectivity index is 3.15. The third-order valence-corrected chi connectivity index (χ3v) is 8.07. The van der Waals surface area contributed by atoms with Crippen molar-refractivity contribution in [3.8, 4) is 5.75 Å². The van der Waals surface area contributed by atoms with Crippen LogP contribution in [0, 0.1) is 0 Å². The summed E-state index contributed by atoms with van der Waals surface area (Å²) < 4.78 is 10.8. The Morgan fingerprint density at radius 3 is 2.30 bits per heavy atom. The molecule has 1 aromatic carbocycles. The number of carbonyl (C=O) groups is 2. The van der Waals surface area contributed by atoms with Gasteiger partial charge in [-0.25, -0.2) is 4.79 Å². The number of esters is 1. The minimum Gasteiger partial charge on any atom is -0.543 e. The molecule has 20 heavy (non-hydrogen) atoms. The van der Waals surface area contributed by atoms with Crippen LogP contribution in [0.1, 0.15) is 41.5 Å². The van der Waals surface area contributed by atoms with Crippen LogP contribution in [0.3, 0.4) is 0 Å². The summed E-state index contributed by atoms with van der Waals surface area (Å²) in [6, 6.07) is 4.78. The molecule has 0 atom stereocenters. The van der Waals surface area contributed by atoms with Gasteiger partial charge in [-0.05, 0) is 36.3 Å². The van der Waals surface area contributed by atoms with Crippen LogP contribution in [-0.4, -0.2) is 27.7 Å². The summed E-state index contributed by atoms with van der Waals surface area (Å²) in [6.07, 6.45) is 0.703. The lowest BCUT2D eigenvalue weighted by atomic mass is 10.1. The number of hydrogen-bond donors (Lipinski definition) is 0. The molecular weight excluding hydrogens is 272 g/mol. The Bertz CT molecular complexity index is 515. The zero-order valence-electron chi connectivity index (χ0n) is 12.9. The third-order valence-electron chi connectivity index (χ3n) is 3.73. The number of methoxy groups -OCH3 is 1. The molecule has 0 unspecified atom stereocenters. The second-order valence-electron chi connectivity index (χ2n) is 6.22. The summed E-state index contributed by atoms with van der Waals surface area (Å²) >= 11 is 0. The fourth-order valence-corrected chi connectivity index (χ4v) is 2.45. The number of ether oxygens (including phenoxy) is 1. The fourth-order valence-electron chi connectivity index (χ4n) is 1.41. The van der Waals surface area contributed by atoms with Crippen LogP contribution in [0.25, 0.3) is 0 Å². The van der Waals surface area contributed by atoms with Crippen molar-refractivity contribution in [1.29, 1.82) is 0 Å². The Morgan fingerprint density at radius 1 is 1.25 bits per heavy atom. The minimum absolute atomic E-state index is 0.0359. The lowest BCUT2D eigenvalue weighted by molar-refractivity contribution is 0.0600. The first-order valence-corrected chi connectivity index (χ1v) is 9.40. The smallest absolute Gasteiger partial charge is 0.337 e. The van der Waals surface area contributed by atoms with E-state index in [0.29, 0.717) is 23.2 Å². The number of benzene rings is 1. The Morgan fingerprint density at radius 2 is 1.85 bits per heavy atom. The van der Waals surface area contributed by atoms with Crippen LogP contribution in [0.2, 0.25) is 18.1 Å². The average molecular weight is 294 g/mol. The molecule has 0 fully saturated rings. The van der Waals surface area contributed by atoms with Gasteiger partial charge in [0.25, 0.3) is 8.32 Å². The lowest BCUT2D eigenvalue weighted by Gasteiger charge is -2.36. The van der Waals surface area contributed by atoms with Gasteiger partial charge in [-0.2, -0.15) is 0 Å². The average Bonchev–Trinajstić information content (AvgIpc) is 2.36. The van der Waals surface area contributed by atoms with E-state index >= 15 is 0 Å². The molecule has 0 amide bonds. The highest BCUT2D eigenvalue weighted by molar-refractivity contribution is 6.74. The van der Waals surface area contributed by atoms with Crippen molar-refractivity contribution >= 4 is 20.6 Å². The highest BCUT2D eigenvalue weighted by atomic mass is 28.4. The highest BCUT2D eigenvalue weighted by Crippen LogP contribution is 2.38. The second-order valence-corrected chi connectivity index (χ2v) is 10.9. The van der Waals surface area contributed by atoms with Crippen LogP contribution in [0.5, 0.6) is 5.75 Å². The topological polar surface area (TPSA) is 52.6 Å². The quantitative estimate of drug-likeness (QED) is 0.483. The molecule has 110 valence electrons. The van der Waals surface area contributed by atoms with Crippen LogP contribution in [0.15, 0.2) is 18.2 Å². The van der Waals surface area contributed by atoms with Gasteiger partial charge in [0, 0.05) is 0 Å². The molecule has 1 rings (SSSR count). The summed E-state index contributed by atoms with van der Waals surface area (Å²) in [5.41, 5.74) is 0.718. The predicted octanol–water partition coefficient (Wildman–Crippen LogP) is 3.67. The molecule has 0 N–H and O–H groups in total. The van der Waals surface area contributed by atoms with Gasteiger partial charge in [0.15, 0.2) is 6.29 Å². The summed E-state index contributed by atoms with van der Waals surface area (Å²) in [7, 11) is -0.713. The van der Waals surface area contributed by atoms with Crippen molar-refractivity contribution in [2.45, 2.75) is 38.9 Å². The fraction of sp³-hybridized carbons (Fsp3) is 0.467. The summed E-state index contributed by atoms with van der Waals surface area (Å²) in [6.45, 7) is 10.6. The minimum atomic E-state index is -2.02. The molecule has 0 bridgehead atoms. The Hall–Kier alpha value is -1.62. The molecule has 0 saturated carbocycles. The second kappa shape index (κ2) is 5.79. The van der Waals surface area contributed by atoms with Crippen molar-refractivity contribution in [1.82, 2.24) is 0 Å². The molecule has 0 saturated heterocycles.